The first-order chi connectivity index (χ1) is 15.1. The van der Waals surface area contributed by atoms with E-state index in [1.807, 2.05) is 48.8 Å². The monoisotopic (exact) mass is 421 g/mol. The maximum absolute atomic E-state index is 12.5. The number of hydrogen-bond donors (Lipinski definition) is 1. The Bertz CT molecular complexity index is 1040. The Hall–Kier alpha value is -3.72. The molecule has 160 valence electrons. The summed E-state index contributed by atoms with van der Waals surface area (Å²) in [6, 6.07) is 14.1. The molecular weight excluding hydrogens is 398 g/mol. The number of pyridine rings is 1. The molecule has 31 heavy (non-hydrogen) atoms. The molecule has 0 spiro atoms. The predicted octanol–water partition coefficient (Wildman–Crippen LogP) is 3.20. The number of rotatable bonds is 7. The van der Waals surface area contributed by atoms with Gasteiger partial charge in [0.05, 0.1) is 17.4 Å². The SMILES string of the molecule is O=C(Nc1ccccc1N1CCN(CCc2ccncc2)CC1)c1ccc([N+](=O)[O-])o1. The van der Waals surface area contributed by atoms with Crippen LogP contribution in [0.25, 0.3) is 0 Å². The molecule has 1 amide bonds. The molecule has 0 radical (unpaired) electrons. The van der Waals surface area contributed by atoms with Crippen LogP contribution in [0.5, 0.6) is 0 Å². The van der Waals surface area contributed by atoms with Crippen LogP contribution >= 0.6 is 0 Å². The third-order valence-electron chi connectivity index (χ3n) is 5.33. The average molecular weight is 421 g/mol. The van der Waals surface area contributed by atoms with Gasteiger partial charge in [0.1, 0.15) is 4.92 Å². The zero-order valence-electron chi connectivity index (χ0n) is 16.9. The molecule has 9 heteroatoms. The van der Waals surface area contributed by atoms with Gasteiger partial charge in [-0.25, -0.2) is 0 Å². The van der Waals surface area contributed by atoms with Crippen LogP contribution in [0.4, 0.5) is 17.3 Å². The summed E-state index contributed by atoms with van der Waals surface area (Å²) in [6.07, 6.45) is 4.63. The molecule has 0 bridgehead atoms. The molecule has 0 atom stereocenters. The number of para-hydroxylation sites is 2. The van der Waals surface area contributed by atoms with Crippen LogP contribution in [0, 0.1) is 10.1 Å². The number of hydrogen-bond acceptors (Lipinski definition) is 7. The van der Waals surface area contributed by atoms with Crippen molar-refractivity contribution in [1.82, 2.24) is 9.88 Å². The van der Waals surface area contributed by atoms with E-state index in [0.29, 0.717) is 5.69 Å². The van der Waals surface area contributed by atoms with Gasteiger partial charge in [-0.15, -0.1) is 0 Å². The lowest BCUT2D eigenvalue weighted by atomic mass is 10.1. The van der Waals surface area contributed by atoms with Gasteiger partial charge in [0, 0.05) is 45.1 Å². The minimum Gasteiger partial charge on any atom is -0.395 e. The molecule has 0 aliphatic carbocycles. The van der Waals surface area contributed by atoms with Crippen LogP contribution in [0.1, 0.15) is 16.1 Å². The van der Waals surface area contributed by atoms with Crippen molar-refractivity contribution in [1.29, 1.82) is 0 Å². The van der Waals surface area contributed by atoms with E-state index in [2.05, 4.69) is 20.1 Å². The second kappa shape index (κ2) is 9.40. The first-order valence-electron chi connectivity index (χ1n) is 10.1. The van der Waals surface area contributed by atoms with E-state index in [4.69, 9.17) is 4.42 Å². The predicted molar refractivity (Wildman–Crippen MR) is 116 cm³/mol. The summed E-state index contributed by atoms with van der Waals surface area (Å²) < 4.78 is 5.01. The molecule has 3 heterocycles. The maximum Gasteiger partial charge on any atom is 0.433 e. The van der Waals surface area contributed by atoms with Crippen molar-refractivity contribution in [2.45, 2.75) is 6.42 Å². The van der Waals surface area contributed by atoms with E-state index in [-0.39, 0.29) is 5.76 Å². The highest BCUT2D eigenvalue weighted by Crippen LogP contribution is 2.27. The lowest BCUT2D eigenvalue weighted by Crippen LogP contribution is -2.47. The lowest BCUT2D eigenvalue weighted by Gasteiger charge is -2.37. The van der Waals surface area contributed by atoms with Gasteiger partial charge in [-0.3, -0.25) is 24.8 Å². The molecule has 2 aromatic heterocycles. The average Bonchev–Trinajstić information content (AvgIpc) is 3.30. The van der Waals surface area contributed by atoms with Crippen molar-refractivity contribution < 1.29 is 14.1 Å². The number of nitrogens with one attached hydrogen (secondary N) is 1. The maximum atomic E-state index is 12.5. The van der Waals surface area contributed by atoms with E-state index < -0.39 is 16.7 Å². The largest absolute Gasteiger partial charge is 0.433 e. The van der Waals surface area contributed by atoms with Gasteiger partial charge < -0.3 is 14.6 Å². The van der Waals surface area contributed by atoms with Crippen molar-refractivity contribution in [2.24, 2.45) is 0 Å². The minimum atomic E-state index is -0.668. The van der Waals surface area contributed by atoms with Gasteiger partial charge in [-0.1, -0.05) is 12.1 Å². The first-order valence-corrected chi connectivity index (χ1v) is 10.1. The van der Waals surface area contributed by atoms with E-state index in [1.165, 1.54) is 17.7 Å². The van der Waals surface area contributed by atoms with E-state index in [1.54, 1.807) is 0 Å². The summed E-state index contributed by atoms with van der Waals surface area (Å²) in [5, 5.41) is 13.6. The summed E-state index contributed by atoms with van der Waals surface area (Å²) in [5.74, 6) is -1.07. The number of aromatic nitrogens is 1. The second-order valence-electron chi connectivity index (χ2n) is 7.30. The summed E-state index contributed by atoms with van der Waals surface area (Å²) in [4.78, 5) is 31.3. The molecule has 9 nitrogen and oxygen atoms in total. The fourth-order valence-electron chi connectivity index (χ4n) is 3.64. The molecule has 1 N–H and O–H groups in total. The van der Waals surface area contributed by atoms with Crippen LogP contribution in [-0.4, -0.2) is 53.4 Å². The molecule has 3 aromatic rings. The Labute approximate surface area is 179 Å². The van der Waals surface area contributed by atoms with Crippen LogP contribution in [0.2, 0.25) is 0 Å². The molecular formula is C22H23N5O4. The number of benzene rings is 1. The van der Waals surface area contributed by atoms with E-state index in [0.717, 1.165) is 44.8 Å². The molecule has 1 aromatic carbocycles. The summed E-state index contributed by atoms with van der Waals surface area (Å²) >= 11 is 0. The van der Waals surface area contributed by atoms with Gasteiger partial charge >= 0.3 is 5.88 Å². The summed E-state index contributed by atoms with van der Waals surface area (Å²) in [5.41, 5.74) is 2.85. The number of carbonyl (C=O) groups is 1. The highest BCUT2D eigenvalue weighted by molar-refractivity contribution is 6.04. The van der Waals surface area contributed by atoms with Gasteiger partial charge in [-0.05, 0) is 42.3 Å². The number of nitrogens with zero attached hydrogens (tertiary/aromatic N) is 4. The molecule has 1 saturated heterocycles. The zero-order valence-corrected chi connectivity index (χ0v) is 16.9. The van der Waals surface area contributed by atoms with Crippen molar-refractivity contribution in [2.75, 3.05) is 42.9 Å². The van der Waals surface area contributed by atoms with Crippen LogP contribution in [-0.2, 0) is 6.42 Å². The molecule has 1 fully saturated rings. The topological polar surface area (TPSA) is 105 Å². The Morgan fingerprint density at radius 3 is 2.52 bits per heavy atom. The number of furan rings is 1. The highest BCUT2D eigenvalue weighted by Gasteiger charge is 2.22. The van der Waals surface area contributed by atoms with Gasteiger partial charge in [0.2, 0.25) is 0 Å². The number of carbonyl (C=O) groups excluding carboxylic acids is 1. The molecule has 0 saturated carbocycles. The van der Waals surface area contributed by atoms with Crippen molar-refractivity contribution in [3.63, 3.8) is 0 Å². The Kier molecular flexibility index (Phi) is 6.23. The van der Waals surface area contributed by atoms with E-state index in [9.17, 15) is 14.9 Å². The minimum absolute atomic E-state index is 0.0950. The standard InChI is InChI=1S/C22H23N5O4/c28-22(20-5-6-21(31-20)27(29)30)24-18-3-1-2-4-19(18)26-15-13-25(14-16-26)12-9-17-7-10-23-11-8-17/h1-8,10-11H,9,12-16H2,(H,24,28). The molecule has 4 rings (SSSR count). The number of amides is 1. The summed E-state index contributed by atoms with van der Waals surface area (Å²) in [7, 11) is 0. The fraction of sp³-hybridized carbons (Fsp3) is 0.273. The van der Waals surface area contributed by atoms with Crippen molar-refractivity contribution in [3.05, 3.63) is 82.4 Å². The molecule has 0 unspecified atom stereocenters. The van der Waals surface area contributed by atoms with Gasteiger partial charge in [0.15, 0.2) is 5.76 Å². The van der Waals surface area contributed by atoms with Crippen LogP contribution in [0.15, 0.2) is 65.3 Å². The number of piperazine rings is 1. The van der Waals surface area contributed by atoms with Crippen molar-refractivity contribution in [3.8, 4) is 0 Å². The highest BCUT2D eigenvalue weighted by atomic mass is 16.6. The van der Waals surface area contributed by atoms with Gasteiger partial charge in [0.25, 0.3) is 5.91 Å². The summed E-state index contributed by atoms with van der Waals surface area (Å²) in [6.45, 7) is 4.54. The van der Waals surface area contributed by atoms with Crippen LogP contribution in [0.3, 0.4) is 0 Å². The molecule has 1 aliphatic heterocycles. The van der Waals surface area contributed by atoms with Crippen molar-refractivity contribution >= 4 is 23.2 Å². The zero-order chi connectivity index (χ0) is 21.6. The van der Waals surface area contributed by atoms with E-state index >= 15 is 0 Å². The molecule has 1 aliphatic rings. The third-order valence-corrected chi connectivity index (χ3v) is 5.33. The lowest BCUT2D eigenvalue weighted by molar-refractivity contribution is -0.402. The Morgan fingerprint density at radius 2 is 1.81 bits per heavy atom. The third kappa shape index (κ3) is 5.07. The fourth-order valence-corrected chi connectivity index (χ4v) is 3.64. The smallest absolute Gasteiger partial charge is 0.395 e. The van der Waals surface area contributed by atoms with Gasteiger partial charge in [-0.2, -0.15) is 0 Å². The number of nitro groups is 1. The quantitative estimate of drug-likeness (QED) is 0.461. The van der Waals surface area contributed by atoms with Crippen LogP contribution < -0.4 is 10.2 Å². The Morgan fingerprint density at radius 1 is 1.06 bits per heavy atom. The normalized spacial score (nSPS) is 14.4. The Balaban J connectivity index is 1.36. The first kappa shape index (κ1) is 20.5. The number of anilines is 2. The second-order valence-corrected chi connectivity index (χ2v) is 7.30.